The van der Waals surface area contributed by atoms with Crippen LogP contribution in [0.4, 0.5) is 0 Å². The summed E-state index contributed by atoms with van der Waals surface area (Å²) >= 11 is 0. The number of benzene rings is 2. The summed E-state index contributed by atoms with van der Waals surface area (Å²) in [6.45, 7) is 0. The number of hydrazone groups is 1. The van der Waals surface area contributed by atoms with E-state index in [2.05, 4.69) is 39.8 Å². The molecule has 1 heterocycles. The van der Waals surface area contributed by atoms with E-state index in [0.717, 1.165) is 6.42 Å². The molecule has 4 nitrogen and oxygen atoms in total. The molecule has 1 saturated carbocycles. The molecule has 4 rings (SSSR count). The van der Waals surface area contributed by atoms with Gasteiger partial charge in [0.05, 0.1) is 17.8 Å². The summed E-state index contributed by atoms with van der Waals surface area (Å²) in [7, 11) is 0. The summed E-state index contributed by atoms with van der Waals surface area (Å²) in [6.07, 6.45) is 4.04. The van der Waals surface area contributed by atoms with E-state index in [1.54, 1.807) is 12.4 Å². The molecule has 4 heteroatoms. The Bertz CT molecular complexity index is 868. The van der Waals surface area contributed by atoms with Crippen LogP contribution in [0.3, 0.4) is 0 Å². The molecule has 0 bridgehead atoms. The van der Waals surface area contributed by atoms with Gasteiger partial charge in [-0.3, -0.25) is 9.78 Å². The van der Waals surface area contributed by atoms with Crippen LogP contribution in [0.25, 0.3) is 0 Å². The van der Waals surface area contributed by atoms with Crippen LogP contribution in [-0.2, 0) is 10.2 Å². The Morgan fingerprint density at radius 2 is 1.58 bits per heavy atom. The second-order valence-electron chi connectivity index (χ2n) is 6.45. The first-order valence-electron chi connectivity index (χ1n) is 8.66. The normalized spacial score (nSPS) is 17.8. The van der Waals surface area contributed by atoms with Gasteiger partial charge >= 0.3 is 0 Å². The van der Waals surface area contributed by atoms with Crippen LogP contribution in [0, 0.1) is 5.92 Å². The molecule has 128 valence electrons. The molecular formula is C22H19N3O. The zero-order chi connectivity index (χ0) is 17.8. The largest absolute Gasteiger partial charge is 0.273 e. The highest BCUT2D eigenvalue weighted by Crippen LogP contribution is 2.58. The van der Waals surface area contributed by atoms with Crippen LogP contribution < -0.4 is 5.43 Å². The van der Waals surface area contributed by atoms with Gasteiger partial charge in [0.1, 0.15) is 0 Å². The van der Waals surface area contributed by atoms with Gasteiger partial charge in [0.2, 0.25) is 5.91 Å². The Labute approximate surface area is 152 Å². The Morgan fingerprint density at radius 1 is 0.962 bits per heavy atom. The average Bonchev–Trinajstić information content (AvgIpc) is 3.47. The van der Waals surface area contributed by atoms with Gasteiger partial charge in [0.25, 0.3) is 0 Å². The predicted molar refractivity (Wildman–Crippen MR) is 102 cm³/mol. The van der Waals surface area contributed by atoms with Crippen molar-refractivity contribution in [2.45, 2.75) is 11.8 Å². The minimum absolute atomic E-state index is 0.0649. The maximum absolute atomic E-state index is 12.7. The van der Waals surface area contributed by atoms with Crippen LogP contribution in [-0.4, -0.2) is 17.1 Å². The second-order valence-corrected chi connectivity index (χ2v) is 6.45. The third kappa shape index (κ3) is 3.02. The van der Waals surface area contributed by atoms with E-state index < -0.39 is 0 Å². The molecular weight excluding hydrogens is 322 g/mol. The van der Waals surface area contributed by atoms with E-state index in [1.807, 2.05) is 54.6 Å². The molecule has 1 N–H and O–H groups in total. The van der Waals surface area contributed by atoms with Crippen LogP contribution >= 0.6 is 0 Å². The van der Waals surface area contributed by atoms with Crippen molar-refractivity contribution in [2.75, 3.05) is 0 Å². The fourth-order valence-electron chi connectivity index (χ4n) is 3.55. The lowest BCUT2D eigenvalue weighted by Gasteiger charge is -2.18. The van der Waals surface area contributed by atoms with E-state index in [-0.39, 0.29) is 17.2 Å². The highest BCUT2D eigenvalue weighted by molar-refractivity contribution is 5.87. The predicted octanol–water partition coefficient (Wildman–Crippen LogP) is 3.54. The molecule has 0 radical (unpaired) electrons. The van der Waals surface area contributed by atoms with Crippen molar-refractivity contribution < 1.29 is 4.79 Å². The molecule has 0 saturated heterocycles. The standard InChI is InChI=1S/C22H19N3O/c26-21(25-24-16-19-13-7-8-14-23-19)20-15-22(20,17-9-3-1-4-10-17)18-11-5-2-6-12-18/h1-14,16,20H,15H2,(H,25,26)/b24-16-/t20-/m0/s1. The molecule has 0 unspecified atom stereocenters. The minimum atomic E-state index is -0.271. The van der Waals surface area contributed by atoms with Crippen molar-refractivity contribution in [3.05, 3.63) is 102 Å². The molecule has 1 aromatic heterocycles. The molecule has 0 aliphatic heterocycles. The molecule has 1 atom stereocenters. The number of pyridine rings is 1. The first kappa shape index (κ1) is 16.2. The quantitative estimate of drug-likeness (QED) is 0.570. The number of rotatable bonds is 5. The Kier molecular flexibility index (Phi) is 4.32. The number of nitrogens with zero attached hydrogens (tertiary/aromatic N) is 2. The summed E-state index contributed by atoms with van der Waals surface area (Å²) in [5.41, 5.74) is 5.45. The number of nitrogens with one attached hydrogen (secondary N) is 1. The van der Waals surface area contributed by atoms with Gasteiger partial charge in [0, 0.05) is 11.6 Å². The van der Waals surface area contributed by atoms with Crippen molar-refractivity contribution in [3.8, 4) is 0 Å². The summed E-state index contributed by atoms with van der Waals surface area (Å²) in [6, 6.07) is 26.0. The van der Waals surface area contributed by atoms with Crippen molar-refractivity contribution in [1.29, 1.82) is 0 Å². The number of carbonyl (C=O) groups is 1. The summed E-state index contributed by atoms with van der Waals surface area (Å²) in [5, 5.41) is 4.07. The van der Waals surface area contributed by atoms with Gasteiger partial charge in [-0.25, -0.2) is 5.43 Å². The highest BCUT2D eigenvalue weighted by atomic mass is 16.2. The van der Waals surface area contributed by atoms with Crippen molar-refractivity contribution in [3.63, 3.8) is 0 Å². The fourth-order valence-corrected chi connectivity index (χ4v) is 3.55. The van der Waals surface area contributed by atoms with E-state index in [1.165, 1.54) is 11.1 Å². The second kappa shape index (κ2) is 6.92. The lowest BCUT2D eigenvalue weighted by Crippen LogP contribution is -2.25. The molecule has 1 aliphatic carbocycles. The van der Waals surface area contributed by atoms with Gasteiger partial charge in [-0.1, -0.05) is 66.7 Å². The van der Waals surface area contributed by atoms with Gasteiger partial charge in [-0.15, -0.1) is 0 Å². The molecule has 26 heavy (non-hydrogen) atoms. The van der Waals surface area contributed by atoms with E-state index in [0.29, 0.717) is 5.69 Å². The molecule has 1 aliphatic rings. The minimum Gasteiger partial charge on any atom is -0.273 e. The Balaban J connectivity index is 1.55. The summed E-state index contributed by atoms with van der Waals surface area (Å²) in [5.74, 6) is -0.196. The van der Waals surface area contributed by atoms with Crippen LogP contribution in [0.1, 0.15) is 23.2 Å². The third-order valence-electron chi connectivity index (χ3n) is 4.91. The number of aromatic nitrogens is 1. The Morgan fingerprint density at radius 3 is 2.15 bits per heavy atom. The van der Waals surface area contributed by atoms with E-state index >= 15 is 0 Å². The molecule has 3 aromatic rings. The lowest BCUT2D eigenvalue weighted by atomic mass is 9.85. The van der Waals surface area contributed by atoms with Crippen LogP contribution in [0.2, 0.25) is 0 Å². The SMILES string of the molecule is O=C(N/N=C\c1ccccn1)[C@@H]1CC1(c1ccccc1)c1ccccc1. The molecule has 0 spiro atoms. The molecule has 2 aromatic carbocycles. The van der Waals surface area contributed by atoms with Crippen LogP contribution in [0.15, 0.2) is 90.2 Å². The van der Waals surface area contributed by atoms with Gasteiger partial charge < -0.3 is 0 Å². The Hall–Kier alpha value is -3.27. The maximum atomic E-state index is 12.7. The number of hydrogen-bond acceptors (Lipinski definition) is 3. The van der Waals surface area contributed by atoms with Crippen molar-refractivity contribution in [2.24, 2.45) is 11.0 Å². The van der Waals surface area contributed by atoms with Crippen molar-refractivity contribution >= 4 is 12.1 Å². The smallest absolute Gasteiger partial charge is 0.244 e. The number of carbonyl (C=O) groups excluding carboxylic acids is 1. The summed E-state index contributed by atoms with van der Waals surface area (Å²) in [4.78, 5) is 16.9. The number of hydrogen-bond donors (Lipinski definition) is 1. The first-order valence-corrected chi connectivity index (χ1v) is 8.66. The van der Waals surface area contributed by atoms with Crippen LogP contribution in [0.5, 0.6) is 0 Å². The van der Waals surface area contributed by atoms with E-state index in [4.69, 9.17) is 0 Å². The van der Waals surface area contributed by atoms with Gasteiger partial charge in [-0.05, 0) is 29.7 Å². The molecule has 1 fully saturated rings. The third-order valence-corrected chi connectivity index (χ3v) is 4.91. The average molecular weight is 341 g/mol. The highest BCUT2D eigenvalue weighted by Gasteiger charge is 2.60. The molecule has 1 amide bonds. The first-order chi connectivity index (χ1) is 12.8. The zero-order valence-electron chi connectivity index (χ0n) is 14.2. The monoisotopic (exact) mass is 341 g/mol. The zero-order valence-corrected chi connectivity index (χ0v) is 14.2. The van der Waals surface area contributed by atoms with Crippen molar-refractivity contribution in [1.82, 2.24) is 10.4 Å². The van der Waals surface area contributed by atoms with E-state index in [9.17, 15) is 4.79 Å². The fraction of sp³-hybridized carbons (Fsp3) is 0.136. The van der Waals surface area contributed by atoms with Gasteiger partial charge in [-0.2, -0.15) is 5.10 Å². The maximum Gasteiger partial charge on any atom is 0.244 e. The van der Waals surface area contributed by atoms with Gasteiger partial charge in [0.15, 0.2) is 0 Å². The number of amides is 1. The lowest BCUT2D eigenvalue weighted by molar-refractivity contribution is -0.122. The summed E-state index contributed by atoms with van der Waals surface area (Å²) < 4.78 is 0. The topological polar surface area (TPSA) is 54.4 Å².